The molecule has 1 amide bonds. The molecule has 0 aromatic heterocycles. The Labute approximate surface area is 200 Å². The molecular formula is C29H32F2N2O. The van der Waals surface area contributed by atoms with Gasteiger partial charge in [0.1, 0.15) is 11.6 Å². The quantitative estimate of drug-likeness (QED) is 0.430. The molecule has 0 atom stereocenters. The standard InChI is InChI=1S/C29H32F2N2O/c1-21-5-2-3-6-27(21)22-15-19-33(20-16-22)18-4-17-32-29(34)28(23-7-11-25(30)12-8-23)24-9-13-26(31)14-10-24/h2-3,5-14,22,28H,4,15-20H2,1H3,(H,32,34). The van der Waals surface area contributed by atoms with E-state index in [4.69, 9.17) is 0 Å². The molecule has 3 aromatic rings. The number of halogens is 2. The van der Waals surface area contributed by atoms with Crippen molar-refractivity contribution in [2.24, 2.45) is 0 Å². The Morgan fingerprint density at radius 1 is 0.912 bits per heavy atom. The summed E-state index contributed by atoms with van der Waals surface area (Å²) in [5.74, 6) is -0.840. The summed E-state index contributed by atoms with van der Waals surface area (Å²) < 4.78 is 26.8. The summed E-state index contributed by atoms with van der Waals surface area (Å²) in [7, 11) is 0. The van der Waals surface area contributed by atoms with Crippen LogP contribution in [0.1, 0.15) is 53.4 Å². The number of piperidine rings is 1. The van der Waals surface area contributed by atoms with Crippen molar-refractivity contribution in [2.75, 3.05) is 26.2 Å². The van der Waals surface area contributed by atoms with Crippen LogP contribution in [0.5, 0.6) is 0 Å². The highest BCUT2D eigenvalue weighted by Crippen LogP contribution is 2.30. The second-order valence-corrected chi connectivity index (χ2v) is 9.15. The number of carbonyl (C=O) groups excluding carboxylic acids is 1. The lowest BCUT2D eigenvalue weighted by atomic mass is 9.87. The Balaban J connectivity index is 1.28. The van der Waals surface area contributed by atoms with Crippen molar-refractivity contribution in [3.05, 3.63) is 107 Å². The summed E-state index contributed by atoms with van der Waals surface area (Å²) in [4.78, 5) is 15.6. The molecule has 3 aromatic carbocycles. The molecule has 1 saturated heterocycles. The average molecular weight is 463 g/mol. The Morgan fingerprint density at radius 3 is 2.03 bits per heavy atom. The van der Waals surface area contributed by atoms with Crippen LogP contribution in [-0.2, 0) is 4.79 Å². The van der Waals surface area contributed by atoms with Gasteiger partial charge in [0.25, 0.3) is 0 Å². The molecule has 34 heavy (non-hydrogen) atoms. The van der Waals surface area contributed by atoms with Crippen molar-refractivity contribution in [1.29, 1.82) is 0 Å². The number of hydrogen-bond acceptors (Lipinski definition) is 2. The zero-order chi connectivity index (χ0) is 23.9. The Morgan fingerprint density at radius 2 is 1.47 bits per heavy atom. The molecule has 0 unspecified atom stereocenters. The molecule has 1 aliphatic heterocycles. The zero-order valence-corrected chi connectivity index (χ0v) is 19.6. The summed E-state index contributed by atoms with van der Waals surface area (Å²) >= 11 is 0. The van der Waals surface area contributed by atoms with Crippen LogP contribution in [-0.4, -0.2) is 37.0 Å². The lowest BCUT2D eigenvalue weighted by Gasteiger charge is -2.32. The van der Waals surface area contributed by atoms with Gasteiger partial charge in [-0.05, 0) is 98.3 Å². The number of nitrogens with zero attached hydrogens (tertiary/aromatic N) is 1. The van der Waals surface area contributed by atoms with Crippen molar-refractivity contribution in [3.63, 3.8) is 0 Å². The minimum Gasteiger partial charge on any atom is -0.355 e. The molecule has 0 bridgehead atoms. The number of likely N-dealkylation sites (tertiary alicyclic amines) is 1. The SMILES string of the molecule is Cc1ccccc1C1CCN(CCCNC(=O)C(c2ccc(F)cc2)c2ccc(F)cc2)CC1. The van der Waals surface area contributed by atoms with Crippen LogP contribution in [0.15, 0.2) is 72.8 Å². The Bertz CT molecular complexity index is 1030. The minimum atomic E-state index is -0.606. The van der Waals surface area contributed by atoms with Crippen LogP contribution in [0.3, 0.4) is 0 Å². The third-order valence-electron chi connectivity index (χ3n) is 6.84. The van der Waals surface area contributed by atoms with Gasteiger partial charge in [-0.3, -0.25) is 4.79 Å². The fourth-order valence-corrected chi connectivity index (χ4v) is 4.93. The monoisotopic (exact) mass is 462 g/mol. The fraction of sp³-hybridized carbons (Fsp3) is 0.345. The molecule has 1 aliphatic rings. The number of hydrogen-bond donors (Lipinski definition) is 1. The van der Waals surface area contributed by atoms with Crippen molar-refractivity contribution < 1.29 is 13.6 Å². The first-order chi connectivity index (χ1) is 16.5. The molecule has 0 saturated carbocycles. The van der Waals surface area contributed by atoms with Crippen molar-refractivity contribution in [3.8, 4) is 0 Å². The maximum atomic E-state index is 13.4. The first-order valence-electron chi connectivity index (χ1n) is 12.1. The van der Waals surface area contributed by atoms with Gasteiger partial charge < -0.3 is 10.2 Å². The lowest BCUT2D eigenvalue weighted by molar-refractivity contribution is -0.121. The van der Waals surface area contributed by atoms with E-state index in [1.807, 2.05) is 0 Å². The fourth-order valence-electron chi connectivity index (χ4n) is 4.93. The first-order valence-corrected chi connectivity index (χ1v) is 12.1. The van der Waals surface area contributed by atoms with E-state index in [1.54, 1.807) is 24.3 Å². The smallest absolute Gasteiger partial charge is 0.232 e. The van der Waals surface area contributed by atoms with Gasteiger partial charge in [0.05, 0.1) is 5.92 Å². The lowest BCUT2D eigenvalue weighted by Crippen LogP contribution is -2.36. The molecular weight excluding hydrogens is 430 g/mol. The molecule has 5 heteroatoms. The van der Waals surface area contributed by atoms with Crippen molar-refractivity contribution >= 4 is 5.91 Å². The summed E-state index contributed by atoms with van der Waals surface area (Å²) in [6, 6.07) is 20.5. The van der Waals surface area contributed by atoms with Gasteiger partial charge in [0, 0.05) is 6.54 Å². The molecule has 178 valence electrons. The number of aryl methyl sites for hydroxylation is 1. The van der Waals surface area contributed by atoms with Gasteiger partial charge in [0.2, 0.25) is 5.91 Å². The minimum absolute atomic E-state index is 0.156. The van der Waals surface area contributed by atoms with Crippen LogP contribution in [0.25, 0.3) is 0 Å². The zero-order valence-electron chi connectivity index (χ0n) is 19.6. The molecule has 1 heterocycles. The summed E-state index contributed by atoms with van der Waals surface area (Å²) in [6.07, 6.45) is 3.18. The molecule has 0 spiro atoms. The van der Waals surface area contributed by atoms with Gasteiger partial charge in [-0.15, -0.1) is 0 Å². The van der Waals surface area contributed by atoms with Crippen LogP contribution in [0, 0.1) is 18.6 Å². The van der Waals surface area contributed by atoms with Gasteiger partial charge in [0.15, 0.2) is 0 Å². The topological polar surface area (TPSA) is 32.3 Å². The largest absolute Gasteiger partial charge is 0.355 e. The van der Waals surface area contributed by atoms with Crippen LogP contribution >= 0.6 is 0 Å². The highest BCUT2D eigenvalue weighted by atomic mass is 19.1. The summed E-state index contributed by atoms with van der Waals surface area (Å²) in [5, 5.41) is 3.04. The first kappa shape index (κ1) is 24.1. The normalized spacial score (nSPS) is 14.9. The number of carbonyl (C=O) groups is 1. The van der Waals surface area contributed by atoms with Crippen LogP contribution in [0.4, 0.5) is 8.78 Å². The maximum Gasteiger partial charge on any atom is 0.232 e. The van der Waals surface area contributed by atoms with E-state index < -0.39 is 5.92 Å². The molecule has 1 N–H and O–H groups in total. The molecule has 0 radical (unpaired) electrons. The number of nitrogens with one attached hydrogen (secondary N) is 1. The van der Waals surface area contributed by atoms with E-state index in [0.29, 0.717) is 23.6 Å². The Hall–Kier alpha value is -3.05. The number of amides is 1. The molecule has 0 aliphatic carbocycles. The van der Waals surface area contributed by atoms with Gasteiger partial charge >= 0.3 is 0 Å². The third-order valence-corrected chi connectivity index (χ3v) is 6.84. The highest BCUT2D eigenvalue weighted by molar-refractivity contribution is 5.87. The second kappa shape index (κ2) is 11.4. The van der Waals surface area contributed by atoms with Crippen molar-refractivity contribution in [1.82, 2.24) is 10.2 Å². The van der Waals surface area contributed by atoms with E-state index in [-0.39, 0.29) is 17.5 Å². The van der Waals surface area contributed by atoms with E-state index >= 15 is 0 Å². The second-order valence-electron chi connectivity index (χ2n) is 9.15. The maximum absolute atomic E-state index is 13.4. The molecule has 3 nitrogen and oxygen atoms in total. The predicted octanol–water partition coefficient (Wildman–Crippen LogP) is 5.79. The summed E-state index contributed by atoms with van der Waals surface area (Å²) in [6.45, 7) is 5.84. The van der Waals surface area contributed by atoms with Gasteiger partial charge in [-0.2, -0.15) is 0 Å². The molecule has 1 fully saturated rings. The van der Waals surface area contributed by atoms with Gasteiger partial charge in [-0.25, -0.2) is 8.78 Å². The third kappa shape index (κ3) is 6.09. The van der Waals surface area contributed by atoms with E-state index in [2.05, 4.69) is 41.4 Å². The Kier molecular flexibility index (Phi) is 8.07. The van der Waals surface area contributed by atoms with Crippen molar-refractivity contribution in [2.45, 2.75) is 38.0 Å². The van der Waals surface area contributed by atoms with E-state index in [1.165, 1.54) is 35.4 Å². The molecule has 4 rings (SSSR count). The van der Waals surface area contributed by atoms with E-state index in [0.717, 1.165) is 38.9 Å². The van der Waals surface area contributed by atoms with Crippen LogP contribution < -0.4 is 5.32 Å². The average Bonchev–Trinajstić information content (AvgIpc) is 2.85. The number of rotatable bonds is 8. The van der Waals surface area contributed by atoms with E-state index in [9.17, 15) is 13.6 Å². The number of benzene rings is 3. The van der Waals surface area contributed by atoms with Gasteiger partial charge in [-0.1, -0.05) is 48.5 Å². The summed E-state index contributed by atoms with van der Waals surface area (Å²) in [5.41, 5.74) is 4.22. The predicted molar refractivity (Wildman–Crippen MR) is 132 cm³/mol. The van der Waals surface area contributed by atoms with Crippen LogP contribution in [0.2, 0.25) is 0 Å². The highest BCUT2D eigenvalue weighted by Gasteiger charge is 2.24.